The monoisotopic (exact) mass is 277 g/mol. The van der Waals surface area contributed by atoms with Crippen LogP contribution in [0.15, 0.2) is 0 Å². The standard InChI is InChI=1S/C15H27N5/c1-5-13-18-14(16-3)11(2)15(19-13)17-10-12-8-6-7-9-20(12)4/h12H,5-10H2,1-4H3,(H2,16,17,18,19). The first kappa shape index (κ1) is 15.0. The Hall–Kier alpha value is -1.36. The molecule has 2 N–H and O–H groups in total. The van der Waals surface area contributed by atoms with Crippen LogP contribution in [-0.4, -0.2) is 48.1 Å². The third kappa shape index (κ3) is 3.39. The summed E-state index contributed by atoms with van der Waals surface area (Å²) in [6.07, 6.45) is 4.78. The summed E-state index contributed by atoms with van der Waals surface area (Å²) in [7, 11) is 4.13. The Bertz CT molecular complexity index is 446. The smallest absolute Gasteiger partial charge is 0.134 e. The summed E-state index contributed by atoms with van der Waals surface area (Å²) in [5.41, 5.74) is 1.10. The Morgan fingerprint density at radius 2 is 2.00 bits per heavy atom. The molecule has 1 aromatic heterocycles. The van der Waals surface area contributed by atoms with Crippen molar-refractivity contribution >= 4 is 11.6 Å². The third-order valence-corrected chi connectivity index (χ3v) is 4.17. The van der Waals surface area contributed by atoms with Gasteiger partial charge in [0.15, 0.2) is 0 Å². The van der Waals surface area contributed by atoms with Gasteiger partial charge in [-0.25, -0.2) is 9.97 Å². The van der Waals surface area contributed by atoms with Gasteiger partial charge in [0, 0.05) is 31.6 Å². The number of nitrogens with one attached hydrogen (secondary N) is 2. The highest BCUT2D eigenvalue weighted by Gasteiger charge is 2.19. The molecule has 0 bridgehead atoms. The molecule has 5 nitrogen and oxygen atoms in total. The lowest BCUT2D eigenvalue weighted by Gasteiger charge is -2.32. The van der Waals surface area contributed by atoms with Gasteiger partial charge in [0.2, 0.25) is 0 Å². The summed E-state index contributed by atoms with van der Waals surface area (Å²) in [4.78, 5) is 11.6. The van der Waals surface area contributed by atoms with Crippen molar-refractivity contribution in [1.29, 1.82) is 0 Å². The van der Waals surface area contributed by atoms with Crippen molar-refractivity contribution in [2.45, 2.75) is 45.6 Å². The second-order valence-corrected chi connectivity index (χ2v) is 5.58. The fraction of sp³-hybridized carbons (Fsp3) is 0.733. The maximum atomic E-state index is 4.63. The molecule has 2 heterocycles. The highest BCUT2D eigenvalue weighted by Crippen LogP contribution is 2.21. The van der Waals surface area contributed by atoms with E-state index in [2.05, 4.69) is 46.4 Å². The predicted octanol–water partition coefficient (Wildman–Crippen LogP) is 2.29. The van der Waals surface area contributed by atoms with Gasteiger partial charge >= 0.3 is 0 Å². The Morgan fingerprint density at radius 1 is 1.25 bits per heavy atom. The second-order valence-electron chi connectivity index (χ2n) is 5.58. The number of hydrogen-bond donors (Lipinski definition) is 2. The first-order valence-electron chi connectivity index (χ1n) is 7.65. The molecule has 0 radical (unpaired) electrons. The molecule has 0 saturated carbocycles. The normalized spacial score (nSPS) is 19.9. The third-order valence-electron chi connectivity index (χ3n) is 4.17. The van der Waals surface area contributed by atoms with Crippen LogP contribution in [0.4, 0.5) is 11.6 Å². The van der Waals surface area contributed by atoms with Gasteiger partial charge in [-0.1, -0.05) is 13.3 Å². The average molecular weight is 277 g/mol. The van der Waals surface area contributed by atoms with Gasteiger partial charge in [0.05, 0.1) is 0 Å². The summed E-state index contributed by atoms with van der Waals surface area (Å²) in [6, 6.07) is 0.612. The molecular weight excluding hydrogens is 250 g/mol. The number of aryl methyl sites for hydroxylation is 1. The fourth-order valence-electron chi connectivity index (χ4n) is 2.75. The van der Waals surface area contributed by atoms with E-state index >= 15 is 0 Å². The zero-order valence-electron chi connectivity index (χ0n) is 13.2. The van der Waals surface area contributed by atoms with Gasteiger partial charge in [0.25, 0.3) is 0 Å². The van der Waals surface area contributed by atoms with Crippen molar-refractivity contribution in [3.63, 3.8) is 0 Å². The summed E-state index contributed by atoms with van der Waals surface area (Å²) in [6.45, 7) is 6.32. The zero-order valence-corrected chi connectivity index (χ0v) is 13.2. The lowest BCUT2D eigenvalue weighted by molar-refractivity contribution is 0.194. The number of hydrogen-bond acceptors (Lipinski definition) is 5. The highest BCUT2D eigenvalue weighted by molar-refractivity contribution is 5.57. The number of anilines is 2. The van der Waals surface area contributed by atoms with Crippen LogP contribution in [0.5, 0.6) is 0 Å². The largest absolute Gasteiger partial charge is 0.373 e. The molecule has 1 unspecified atom stereocenters. The predicted molar refractivity (Wildman–Crippen MR) is 84.5 cm³/mol. The van der Waals surface area contributed by atoms with E-state index in [-0.39, 0.29) is 0 Å². The number of piperidine rings is 1. The Kier molecular flexibility index (Phi) is 5.17. The molecule has 0 aliphatic carbocycles. The number of likely N-dealkylation sites (tertiary alicyclic amines) is 1. The topological polar surface area (TPSA) is 53.1 Å². The van der Waals surface area contributed by atoms with E-state index in [0.29, 0.717) is 6.04 Å². The molecule has 1 aliphatic heterocycles. The lowest BCUT2D eigenvalue weighted by atomic mass is 10.0. The van der Waals surface area contributed by atoms with Crippen LogP contribution in [0.2, 0.25) is 0 Å². The molecular formula is C15H27N5. The van der Waals surface area contributed by atoms with Gasteiger partial charge in [-0.2, -0.15) is 0 Å². The van der Waals surface area contributed by atoms with Crippen molar-refractivity contribution in [2.24, 2.45) is 0 Å². The Labute approximate surface area is 122 Å². The van der Waals surface area contributed by atoms with Crippen molar-refractivity contribution in [3.05, 3.63) is 11.4 Å². The quantitative estimate of drug-likeness (QED) is 0.865. The minimum atomic E-state index is 0.612. The van der Waals surface area contributed by atoms with E-state index < -0.39 is 0 Å². The van der Waals surface area contributed by atoms with E-state index in [1.807, 2.05) is 7.05 Å². The van der Waals surface area contributed by atoms with E-state index in [1.165, 1.54) is 25.8 Å². The maximum absolute atomic E-state index is 4.63. The van der Waals surface area contributed by atoms with Crippen LogP contribution in [0, 0.1) is 6.92 Å². The maximum Gasteiger partial charge on any atom is 0.134 e. The first-order chi connectivity index (χ1) is 9.65. The molecule has 112 valence electrons. The minimum Gasteiger partial charge on any atom is -0.373 e. The highest BCUT2D eigenvalue weighted by atomic mass is 15.2. The number of nitrogens with zero attached hydrogens (tertiary/aromatic N) is 3. The molecule has 1 fully saturated rings. The van der Waals surface area contributed by atoms with Gasteiger partial charge < -0.3 is 15.5 Å². The molecule has 1 atom stereocenters. The Balaban J connectivity index is 2.08. The SMILES string of the molecule is CCc1nc(NC)c(C)c(NCC2CCCCN2C)n1. The summed E-state index contributed by atoms with van der Waals surface area (Å²) >= 11 is 0. The second kappa shape index (κ2) is 6.88. The molecule has 0 aromatic carbocycles. The van der Waals surface area contributed by atoms with Gasteiger partial charge in [-0.3, -0.25) is 0 Å². The van der Waals surface area contributed by atoms with Crippen molar-refractivity contribution in [1.82, 2.24) is 14.9 Å². The molecule has 20 heavy (non-hydrogen) atoms. The molecule has 1 aliphatic rings. The van der Waals surface area contributed by atoms with Crippen LogP contribution in [0.1, 0.15) is 37.6 Å². The van der Waals surface area contributed by atoms with E-state index in [0.717, 1.165) is 36.0 Å². The van der Waals surface area contributed by atoms with E-state index in [1.54, 1.807) is 0 Å². The summed E-state index contributed by atoms with van der Waals surface area (Å²) in [5, 5.41) is 6.69. The molecule has 0 amide bonds. The van der Waals surface area contributed by atoms with Crippen LogP contribution >= 0.6 is 0 Å². The van der Waals surface area contributed by atoms with Crippen LogP contribution in [0.3, 0.4) is 0 Å². The summed E-state index contributed by atoms with van der Waals surface area (Å²) in [5.74, 6) is 2.79. The lowest BCUT2D eigenvalue weighted by Crippen LogP contribution is -2.41. The first-order valence-corrected chi connectivity index (χ1v) is 7.65. The fourth-order valence-corrected chi connectivity index (χ4v) is 2.75. The van der Waals surface area contributed by atoms with Gasteiger partial charge in [0.1, 0.15) is 17.5 Å². The van der Waals surface area contributed by atoms with Gasteiger partial charge in [-0.15, -0.1) is 0 Å². The number of likely N-dealkylation sites (N-methyl/N-ethyl adjacent to an activating group) is 1. The van der Waals surface area contributed by atoms with Crippen molar-refractivity contribution in [3.8, 4) is 0 Å². The van der Waals surface area contributed by atoms with E-state index in [4.69, 9.17) is 0 Å². The average Bonchev–Trinajstić information content (AvgIpc) is 2.47. The zero-order chi connectivity index (χ0) is 14.5. The minimum absolute atomic E-state index is 0.612. The Morgan fingerprint density at radius 3 is 2.65 bits per heavy atom. The molecule has 0 spiro atoms. The number of aromatic nitrogens is 2. The molecule has 1 aromatic rings. The van der Waals surface area contributed by atoms with E-state index in [9.17, 15) is 0 Å². The molecule has 1 saturated heterocycles. The molecule has 2 rings (SSSR count). The number of rotatable bonds is 5. The van der Waals surface area contributed by atoms with Gasteiger partial charge in [-0.05, 0) is 33.4 Å². The van der Waals surface area contributed by atoms with Crippen LogP contribution in [0.25, 0.3) is 0 Å². The van der Waals surface area contributed by atoms with Crippen molar-refractivity contribution in [2.75, 3.05) is 37.8 Å². The van der Waals surface area contributed by atoms with Crippen LogP contribution in [-0.2, 0) is 6.42 Å². The van der Waals surface area contributed by atoms with Crippen molar-refractivity contribution < 1.29 is 0 Å². The molecule has 5 heteroatoms. The van der Waals surface area contributed by atoms with Crippen LogP contribution < -0.4 is 10.6 Å². The summed E-state index contributed by atoms with van der Waals surface area (Å²) < 4.78 is 0.